The Morgan fingerprint density at radius 3 is 2.33 bits per heavy atom. The highest BCUT2D eigenvalue weighted by Crippen LogP contribution is 2.55. The fraction of sp³-hybridized carbons (Fsp3) is 0.750. The molecular weight excluding hydrogens is 598 g/mol. The number of aromatic nitrogens is 2. The van der Waals surface area contributed by atoms with Crippen LogP contribution in [0.25, 0.3) is 0 Å². The van der Waals surface area contributed by atoms with Crippen LogP contribution in [0.3, 0.4) is 0 Å². The van der Waals surface area contributed by atoms with Crippen molar-refractivity contribution in [1.82, 2.24) is 14.2 Å². The van der Waals surface area contributed by atoms with Crippen molar-refractivity contribution < 1.29 is 32.1 Å². The number of rotatable bonds is 19. The van der Waals surface area contributed by atoms with Crippen LogP contribution in [0.2, 0.25) is 0 Å². The second kappa shape index (κ2) is 16.9. The molecule has 1 aliphatic rings. The highest BCUT2D eigenvalue weighted by molar-refractivity contribution is 7.53. The predicted molar refractivity (Wildman–Crippen MR) is 164 cm³/mol. The number of methoxy groups -OCH3 is 1. The van der Waals surface area contributed by atoms with Crippen LogP contribution in [0.1, 0.15) is 80.9 Å². The Bertz CT molecular complexity index is 1250. The molecule has 1 aromatic heterocycles. The first-order chi connectivity index (χ1) is 20.2. The fourth-order valence-corrected chi connectivity index (χ4v) is 8.74. The molecule has 0 aliphatic carbocycles. The summed E-state index contributed by atoms with van der Waals surface area (Å²) in [4.78, 5) is 26.8. The van der Waals surface area contributed by atoms with E-state index in [-0.39, 0.29) is 44.5 Å². The molecule has 2 rings (SSSR count). The molecule has 1 aliphatic heterocycles. The molecule has 1 N–H and O–H groups in total. The Morgan fingerprint density at radius 2 is 1.81 bits per heavy atom. The van der Waals surface area contributed by atoms with Crippen molar-refractivity contribution in [2.24, 2.45) is 5.41 Å². The molecule has 0 saturated heterocycles. The van der Waals surface area contributed by atoms with Gasteiger partial charge < -0.3 is 27.6 Å². The molecule has 43 heavy (non-hydrogen) atoms. The van der Waals surface area contributed by atoms with Gasteiger partial charge in [0.05, 0.1) is 38.5 Å². The van der Waals surface area contributed by atoms with E-state index in [9.17, 15) is 14.2 Å². The van der Waals surface area contributed by atoms with Crippen molar-refractivity contribution >= 4 is 16.1 Å². The van der Waals surface area contributed by atoms with E-state index in [0.29, 0.717) is 24.4 Å². The molecule has 0 aromatic carbocycles. The molecule has 3 atom stereocenters. The molecule has 0 amide bonds. The summed E-state index contributed by atoms with van der Waals surface area (Å²) in [7, 11) is -3.56. The van der Waals surface area contributed by atoms with Crippen molar-refractivity contribution in [2.45, 2.75) is 99.1 Å². The topological polar surface area (TPSA) is 154 Å². The third-order valence-electron chi connectivity index (χ3n) is 6.58. The van der Waals surface area contributed by atoms with E-state index < -0.39 is 45.1 Å². The molecule has 2 heterocycles. The maximum Gasteiger partial charge on any atom is 0.331 e. The smallest absolute Gasteiger partial charge is 0.331 e. The van der Waals surface area contributed by atoms with Crippen LogP contribution >= 0.6 is 16.1 Å². The average Bonchev–Trinajstić information content (AvgIpc) is 3.23. The Kier molecular flexibility index (Phi) is 14.6. The lowest BCUT2D eigenvalue weighted by atomic mass is 9.89. The second-order valence-electron chi connectivity index (χ2n) is 11.4. The molecule has 0 spiro atoms. The minimum atomic E-state index is -3.32. The Labute approximate surface area is 255 Å². The quantitative estimate of drug-likeness (QED) is 0.146. The molecule has 0 radical (unpaired) electrons. The minimum absolute atomic E-state index is 0.0448. The summed E-state index contributed by atoms with van der Waals surface area (Å²) >= 11 is 0. The van der Waals surface area contributed by atoms with E-state index in [1.165, 1.54) is 23.9 Å². The van der Waals surface area contributed by atoms with Gasteiger partial charge in [0.1, 0.15) is 5.76 Å². The van der Waals surface area contributed by atoms with E-state index in [4.69, 9.17) is 32.8 Å². The first kappa shape index (κ1) is 37.2. The molecule has 244 valence electrons. The normalized spacial score (nSPS) is 18.4. The molecular formula is C28H48N4O9P2. The Balaban J connectivity index is 2.53. The number of nitrogens with zero attached hydrogens (tertiary/aromatic N) is 3. The minimum Gasteiger partial charge on any atom is -0.467 e. The lowest BCUT2D eigenvalue weighted by Crippen LogP contribution is -2.37. The summed E-state index contributed by atoms with van der Waals surface area (Å²) in [5, 5.41) is 9.12. The second-order valence-corrected chi connectivity index (χ2v) is 14.8. The van der Waals surface area contributed by atoms with Gasteiger partial charge in [0, 0.05) is 37.9 Å². The Hall–Kier alpha value is -2.03. The van der Waals surface area contributed by atoms with Crippen LogP contribution in [0.5, 0.6) is 0 Å². The number of hydrogen-bond acceptors (Lipinski definition) is 11. The summed E-state index contributed by atoms with van der Waals surface area (Å²) in [6.07, 6.45) is 0.761. The van der Waals surface area contributed by atoms with Gasteiger partial charge in [-0.3, -0.25) is 18.9 Å². The number of aromatic amines is 1. The van der Waals surface area contributed by atoms with Gasteiger partial charge in [0.15, 0.2) is 11.9 Å². The molecule has 15 heteroatoms. The number of nitriles is 1. The molecule has 0 bridgehead atoms. The van der Waals surface area contributed by atoms with Gasteiger partial charge in [-0.1, -0.05) is 13.8 Å². The monoisotopic (exact) mass is 646 g/mol. The SMILES string of the molecule is CCOP(=O)(CC(C)(C)CCC1=C(OP(OCCC#N)N(C(C)C)C(C)C)C(OC)[C@H](n2ccc(=O)[nH]c2=O)O1)OCC. The summed E-state index contributed by atoms with van der Waals surface area (Å²) in [5.74, 6) is 0.795. The van der Waals surface area contributed by atoms with Crippen LogP contribution in [0, 0.1) is 16.7 Å². The standard InChI is InChI=1S/C28H48N4O9P2/c1-10-38-43(35,39-11-2)19-28(7,8)15-13-22-24(41-42(37-18-12-16-29)32(20(3)4)21(5)6)25(36-9)26(40-22)31-17-14-23(33)30-27(31)34/h14,17,20-21,25-26H,10-13,15,18-19H2,1-9H3,(H,30,33,34)/t25?,26-,42?/m1/s1. The maximum absolute atomic E-state index is 13.3. The van der Waals surface area contributed by atoms with E-state index >= 15 is 0 Å². The van der Waals surface area contributed by atoms with Gasteiger partial charge >= 0.3 is 21.8 Å². The summed E-state index contributed by atoms with van der Waals surface area (Å²) < 4.78 is 52.7. The average molecular weight is 647 g/mol. The van der Waals surface area contributed by atoms with Gasteiger partial charge in [0.2, 0.25) is 6.23 Å². The van der Waals surface area contributed by atoms with Crippen molar-refractivity contribution in [1.29, 1.82) is 5.26 Å². The molecule has 1 aromatic rings. The lowest BCUT2D eigenvalue weighted by Gasteiger charge is -2.36. The van der Waals surface area contributed by atoms with Crippen LogP contribution in [-0.2, 0) is 32.1 Å². The third kappa shape index (κ3) is 10.5. The summed E-state index contributed by atoms with van der Waals surface area (Å²) in [6.45, 7) is 16.3. The van der Waals surface area contributed by atoms with Crippen LogP contribution in [0.15, 0.2) is 33.4 Å². The van der Waals surface area contributed by atoms with E-state index in [1.54, 1.807) is 13.8 Å². The zero-order valence-corrected chi connectivity index (χ0v) is 28.6. The van der Waals surface area contributed by atoms with Crippen LogP contribution in [0.4, 0.5) is 0 Å². The Morgan fingerprint density at radius 1 is 1.19 bits per heavy atom. The summed E-state index contributed by atoms with van der Waals surface area (Å²) in [5.41, 5.74) is -1.69. The predicted octanol–water partition coefficient (Wildman–Crippen LogP) is 5.66. The zero-order valence-electron chi connectivity index (χ0n) is 26.8. The molecule has 2 unspecified atom stereocenters. The van der Waals surface area contributed by atoms with Crippen LogP contribution in [-0.4, -0.2) is 65.5 Å². The van der Waals surface area contributed by atoms with Crippen molar-refractivity contribution in [3.63, 3.8) is 0 Å². The largest absolute Gasteiger partial charge is 0.467 e. The van der Waals surface area contributed by atoms with Gasteiger partial charge in [-0.05, 0) is 53.4 Å². The van der Waals surface area contributed by atoms with Gasteiger partial charge in [0.25, 0.3) is 5.56 Å². The number of nitrogens with one attached hydrogen (secondary N) is 1. The third-order valence-corrected chi connectivity index (χ3v) is 11.2. The van der Waals surface area contributed by atoms with E-state index in [1.807, 2.05) is 41.5 Å². The van der Waals surface area contributed by atoms with Crippen molar-refractivity contribution in [2.75, 3.05) is 33.1 Å². The van der Waals surface area contributed by atoms with Crippen molar-refractivity contribution in [3.05, 3.63) is 44.6 Å². The fourth-order valence-electron chi connectivity index (χ4n) is 4.84. The molecule has 0 saturated carbocycles. The van der Waals surface area contributed by atoms with Gasteiger partial charge in [-0.15, -0.1) is 0 Å². The number of H-pyrrole nitrogens is 1. The van der Waals surface area contributed by atoms with Crippen molar-refractivity contribution in [3.8, 4) is 6.07 Å². The maximum atomic E-state index is 13.3. The van der Waals surface area contributed by atoms with Crippen LogP contribution < -0.4 is 11.2 Å². The highest BCUT2D eigenvalue weighted by Gasteiger charge is 2.44. The number of allylic oxidation sites excluding steroid dienone is 1. The number of ether oxygens (including phenoxy) is 2. The first-order valence-electron chi connectivity index (χ1n) is 14.6. The highest BCUT2D eigenvalue weighted by atomic mass is 31.2. The number of hydrogen-bond donors (Lipinski definition) is 1. The molecule has 0 fully saturated rings. The van der Waals surface area contributed by atoms with E-state index in [2.05, 4.69) is 15.7 Å². The van der Waals surface area contributed by atoms with Gasteiger partial charge in [-0.2, -0.15) is 5.26 Å². The molecule has 13 nitrogen and oxygen atoms in total. The lowest BCUT2D eigenvalue weighted by molar-refractivity contribution is -0.0346. The van der Waals surface area contributed by atoms with Gasteiger partial charge in [-0.25, -0.2) is 9.46 Å². The zero-order chi connectivity index (χ0) is 32.4. The van der Waals surface area contributed by atoms with E-state index in [0.717, 1.165) is 0 Å². The summed E-state index contributed by atoms with van der Waals surface area (Å²) in [6, 6.07) is 3.42. The first-order valence-corrected chi connectivity index (χ1v) is 17.5.